The van der Waals surface area contributed by atoms with Crippen LogP contribution in [-0.4, -0.2) is 30.6 Å². The molecule has 1 atom stereocenters. The number of amides is 1. The Labute approximate surface area is 159 Å². The number of nitrogens with zero attached hydrogens (tertiary/aromatic N) is 1. The summed E-state index contributed by atoms with van der Waals surface area (Å²) >= 11 is 3.49. The van der Waals surface area contributed by atoms with Gasteiger partial charge in [0.2, 0.25) is 0 Å². The van der Waals surface area contributed by atoms with Gasteiger partial charge in [0.25, 0.3) is 5.91 Å². The normalized spacial score (nSPS) is 18.5. The van der Waals surface area contributed by atoms with E-state index < -0.39 is 0 Å². The van der Waals surface area contributed by atoms with Gasteiger partial charge in [-0.3, -0.25) is 4.79 Å². The lowest BCUT2D eigenvalue weighted by atomic mass is 9.97. The molecule has 0 aliphatic carbocycles. The van der Waals surface area contributed by atoms with Crippen molar-refractivity contribution in [2.45, 2.75) is 12.5 Å². The molecular formula is C20H17NO3S2. The molecule has 5 rings (SSSR count). The van der Waals surface area contributed by atoms with Gasteiger partial charge in [0, 0.05) is 21.9 Å². The predicted molar refractivity (Wildman–Crippen MR) is 103 cm³/mol. The van der Waals surface area contributed by atoms with Gasteiger partial charge in [0.15, 0.2) is 11.5 Å². The minimum Gasteiger partial charge on any atom is -0.486 e. The highest BCUT2D eigenvalue weighted by Gasteiger charge is 2.34. The van der Waals surface area contributed by atoms with Crippen LogP contribution in [-0.2, 0) is 6.42 Å². The summed E-state index contributed by atoms with van der Waals surface area (Å²) < 4.78 is 11.2. The average Bonchev–Trinajstić information content (AvgIpc) is 3.38. The first-order valence-electron chi connectivity index (χ1n) is 8.61. The van der Waals surface area contributed by atoms with Crippen LogP contribution in [0.1, 0.15) is 31.7 Å². The van der Waals surface area contributed by atoms with Gasteiger partial charge in [0.1, 0.15) is 13.2 Å². The average molecular weight is 383 g/mol. The molecule has 4 heterocycles. The molecule has 2 aromatic heterocycles. The Morgan fingerprint density at radius 2 is 1.92 bits per heavy atom. The van der Waals surface area contributed by atoms with Crippen molar-refractivity contribution in [3.63, 3.8) is 0 Å². The number of hydrogen-bond donors (Lipinski definition) is 0. The second kappa shape index (κ2) is 6.45. The second-order valence-corrected chi connectivity index (χ2v) is 8.30. The maximum absolute atomic E-state index is 13.4. The molecule has 0 saturated heterocycles. The zero-order chi connectivity index (χ0) is 17.5. The first-order chi connectivity index (χ1) is 12.8. The lowest BCUT2D eigenvalue weighted by Crippen LogP contribution is -2.39. The van der Waals surface area contributed by atoms with Crippen molar-refractivity contribution < 1.29 is 14.3 Å². The number of ether oxygens (including phenoxy) is 2. The molecule has 0 bridgehead atoms. The van der Waals surface area contributed by atoms with Crippen molar-refractivity contribution in [1.82, 2.24) is 4.90 Å². The topological polar surface area (TPSA) is 38.8 Å². The zero-order valence-electron chi connectivity index (χ0n) is 14.0. The summed E-state index contributed by atoms with van der Waals surface area (Å²) in [7, 11) is 0. The summed E-state index contributed by atoms with van der Waals surface area (Å²) in [5, 5.41) is 4.20. The molecule has 6 heteroatoms. The molecule has 1 amide bonds. The lowest BCUT2D eigenvalue weighted by Gasteiger charge is -2.35. The van der Waals surface area contributed by atoms with Crippen LogP contribution < -0.4 is 9.47 Å². The zero-order valence-corrected chi connectivity index (χ0v) is 15.6. The molecule has 1 aromatic carbocycles. The molecule has 132 valence electrons. The Kier molecular flexibility index (Phi) is 3.94. The van der Waals surface area contributed by atoms with Gasteiger partial charge in [0.05, 0.1) is 6.04 Å². The molecule has 4 nitrogen and oxygen atoms in total. The third-order valence-corrected chi connectivity index (χ3v) is 6.75. The fraction of sp³-hybridized carbons (Fsp3) is 0.250. The number of fused-ring (bicyclic) bond motifs is 2. The summed E-state index contributed by atoms with van der Waals surface area (Å²) in [4.78, 5) is 17.9. The van der Waals surface area contributed by atoms with Crippen molar-refractivity contribution in [3.8, 4) is 11.5 Å². The fourth-order valence-corrected chi connectivity index (χ4v) is 5.39. The Balaban J connectivity index is 1.53. The number of carbonyl (C=O) groups excluding carboxylic acids is 1. The van der Waals surface area contributed by atoms with Crippen LogP contribution in [0.15, 0.2) is 47.2 Å². The third-order valence-electron chi connectivity index (χ3n) is 4.83. The SMILES string of the molecule is O=C(c1ccc2c(c1)OCCO2)N1CCc2sccc2[C@H]1c1cccs1. The number of thiophene rings is 2. The van der Waals surface area contributed by atoms with Crippen LogP contribution >= 0.6 is 22.7 Å². The van der Waals surface area contributed by atoms with Crippen molar-refractivity contribution in [2.75, 3.05) is 19.8 Å². The van der Waals surface area contributed by atoms with Gasteiger partial charge < -0.3 is 14.4 Å². The van der Waals surface area contributed by atoms with Gasteiger partial charge in [-0.05, 0) is 53.1 Å². The number of rotatable bonds is 2. The molecule has 0 spiro atoms. The largest absolute Gasteiger partial charge is 0.486 e. The van der Waals surface area contributed by atoms with Crippen LogP contribution in [0.2, 0.25) is 0 Å². The molecule has 0 N–H and O–H groups in total. The van der Waals surface area contributed by atoms with E-state index in [9.17, 15) is 4.79 Å². The predicted octanol–water partition coefficient (Wildman–Crippen LogP) is 4.37. The monoisotopic (exact) mass is 383 g/mol. The summed E-state index contributed by atoms with van der Waals surface area (Å²) in [6, 6.07) is 11.8. The number of hydrogen-bond acceptors (Lipinski definition) is 5. The number of benzene rings is 1. The van der Waals surface area contributed by atoms with Gasteiger partial charge in [-0.25, -0.2) is 0 Å². The van der Waals surface area contributed by atoms with E-state index in [2.05, 4.69) is 22.9 Å². The maximum atomic E-state index is 13.4. The van der Waals surface area contributed by atoms with E-state index in [1.54, 1.807) is 22.7 Å². The Bertz CT molecular complexity index is 948. The highest BCUT2D eigenvalue weighted by molar-refractivity contribution is 7.10. The first kappa shape index (κ1) is 15.9. The van der Waals surface area contributed by atoms with Gasteiger partial charge >= 0.3 is 0 Å². The third kappa shape index (κ3) is 2.61. The van der Waals surface area contributed by atoms with Crippen LogP contribution in [0.3, 0.4) is 0 Å². The van der Waals surface area contributed by atoms with Crippen LogP contribution in [0.5, 0.6) is 11.5 Å². The molecule has 26 heavy (non-hydrogen) atoms. The summed E-state index contributed by atoms with van der Waals surface area (Å²) in [6.07, 6.45) is 0.908. The molecule has 0 radical (unpaired) electrons. The minimum absolute atomic E-state index is 0.00861. The standard InChI is InChI=1S/C20H17NO3S2/c22-20(13-3-4-15-16(12-13)24-9-8-23-15)21-7-5-17-14(6-11-26-17)19(21)18-2-1-10-25-18/h1-4,6,10-12,19H,5,7-9H2/t19-/m0/s1. The highest BCUT2D eigenvalue weighted by atomic mass is 32.1. The highest BCUT2D eigenvalue weighted by Crippen LogP contribution is 2.40. The Morgan fingerprint density at radius 1 is 1.04 bits per heavy atom. The van der Waals surface area contributed by atoms with Crippen molar-refractivity contribution in [1.29, 1.82) is 0 Å². The van der Waals surface area contributed by atoms with E-state index in [0.717, 1.165) is 13.0 Å². The molecule has 2 aliphatic heterocycles. The molecule has 0 saturated carbocycles. The van der Waals surface area contributed by atoms with Crippen LogP contribution in [0, 0.1) is 0 Å². The van der Waals surface area contributed by atoms with Crippen molar-refractivity contribution in [3.05, 3.63) is 68.0 Å². The minimum atomic E-state index is -0.00861. The van der Waals surface area contributed by atoms with E-state index in [1.807, 2.05) is 29.2 Å². The van der Waals surface area contributed by atoms with E-state index >= 15 is 0 Å². The lowest BCUT2D eigenvalue weighted by molar-refractivity contribution is 0.0697. The summed E-state index contributed by atoms with van der Waals surface area (Å²) in [6.45, 7) is 1.79. The maximum Gasteiger partial charge on any atom is 0.254 e. The van der Waals surface area contributed by atoms with Gasteiger partial charge in [-0.15, -0.1) is 22.7 Å². The fourth-order valence-electron chi connectivity index (χ4n) is 3.63. The summed E-state index contributed by atoms with van der Waals surface area (Å²) in [5.41, 5.74) is 1.91. The van der Waals surface area contributed by atoms with E-state index in [1.165, 1.54) is 15.3 Å². The van der Waals surface area contributed by atoms with Crippen molar-refractivity contribution in [2.24, 2.45) is 0 Å². The molecule has 0 unspecified atom stereocenters. The smallest absolute Gasteiger partial charge is 0.254 e. The number of carbonyl (C=O) groups is 1. The molecular weight excluding hydrogens is 366 g/mol. The van der Waals surface area contributed by atoms with Gasteiger partial charge in [-0.2, -0.15) is 0 Å². The summed E-state index contributed by atoms with van der Waals surface area (Å²) in [5.74, 6) is 1.40. The van der Waals surface area contributed by atoms with E-state index in [0.29, 0.717) is 30.3 Å². The van der Waals surface area contributed by atoms with Crippen molar-refractivity contribution >= 4 is 28.6 Å². The van der Waals surface area contributed by atoms with Crippen LogP contribution in [0.25, 0.3) is 0 Å². The first-order valence-corrected chi connectivity index (χ1v) is 10.4. The quantitative estimate of drug-likeness (QED) is 0.660. The second-order valence-electron chi connectivity index (χ2n) is 6.32. The molecule has 2 aliphatic rings. The Hall–Kier alpha value is -2.31. The van der Waals surface area contributed by atoms with Gasteiger partial charge in [-0.1, -0.05) is 6.07 Å². The van der Waals surface area contributed by atoms with E-state index in [4.69, 9.17) is 9.47 Å². The molecule has 3 aromatic rings. The molecule has 0 fully saturated rings. The Morgan fingerprint density at radius 3 is 2.77 bits per heavy atom. The van der Waals surface area contributed by atoms with Crippen LogP contribution in [0.4, 0.5) is 0 Å². The van der Waals surface area contributed by atoms with E-state index in [-0.39, 0.29) is 11.9 Å².